The Balaban J connectivity index is 1.73. The van der Waals surface area contributed by atoms with Crippen LogP contribution in [-0.4, -0.2) is 39.5 Å². The lowest BCUT2D eigenvalue weighted by molar-refractivity contribution is 0.102. The van der Waals surface area contributed by atoms with Crippen LogP contribution in [0, 0.1) is 0 Å². The Morgan fingerprint density at radius 3 is 2.46 bits per heavy atom. The molecule has 2 aromatic carbocycles. The van der Waals surface area contributed by atoms with Gasteiger partial charge in [-0.15, -0.1) is 5.10 Å². The van der Waals surface area contributed by atoms with E-state index in [-0.39, 0.29) is 5.91 Å². The van der Waals surface area contributed by atoms with Gasteiger partial charge in [0, 0.05) is 11.3 Å². The molecule has 8 heteroatoms. The molecular weight excluding hydrogens is 326 g/mol. The van der Waals surface area contributed by atoms with Crippen molar-refractivity contribution in [2.75, 3.05) is 18.7 Å². The molecule has 3 aromatic rings. The van der Waals surface area contributed by atoms with Crippen LogP contribution in [0.1, 0.15) is 10.4 Å². The number of benzene rings is 2. The molecule has 1 aromatic heterocycles. The summed E-state index contributed by atoms with van der Waals surface area (Å²) in [5.41, 5.74) is 2.05. The highest BCUT2D eigenvalue weighted by Gasteiger charge is 2.09. The lowest BCUT2D eigenvalue weighted by Crippen LogP contribution is -2.12. The van der Waals surface area contributed by atoms with E-state index in [1.54, 1.807) is 60.3 Å². The van der Waals surface area contributed by atoms with E-state index in [1.165, 1.54) is 11.8 Å². The van der Waals surface area contributed by atoms with Crippen LogP contribution in [0.25, 0.3) is 5.69 Å². The molecule has 0 aliphatic carbocycles. The molecule has 122 valence electrons. The topological polar surface area (TPSA) is 81.9 Å². The van der Waals surface area contributed by atoms with Crippen LogP contribution in [0.5, 0.6) is 5.75 Å². The number of carbonyl (C=O) groups is 1. The Bertz CT molecular complexity index is 830. The van der Waals surface area contributed by atoms with E-state index in [0.717, 1.165) is 11.4 Å². The van der Waals surface area contributed by atoms with Crippen molar-refractivity contribution < 1.29 is 9.53 Å². The van der Waals surface area contributed by atoms with Crippen LogP contribution in [0.2, 0.25) is 0 Å². The molecule has 0 aliphatic rings. The van der Waals surface area contributed by atoms with E-state index in [4.69, 9.17) is 4.74 Å². The molecule has 0 saturated heterocycles. The molecule has 0 spiro atoms. The number of hydrogen-bond acceptors (Lipinski definition) is 6. The summed E-state index contributed by atoms with van der Waals surface area (Å²) in [6, 6.07) is 14.2. The third-order valence-corrected chi connectivity index (χ3v) is 3.97. The molecule has 1 amide bonds. The lowest BCUT2D eigenvalue weighted by atomic mass is 10.2. The minimum Gasteiger partial charge on any atom is -0.497 e. The number of thioether (sulfide) groups is 1. The van der Waals surface area contributed by atoms with Crippen molar-refractivity contribution in [3.05, 3.63) is 54.1 Å². The van der Waals surface area contributed by atoms with Gasteiger partial charge in [0.1, 0.15) is 5.75 Å². The number of tetrazole rings is 1. The smallest absolute Gasteiger partial charge is 0.255 e. The second-order valence-corrected chi connectivity index (χ2v) is 5.58. The summed E-state index contributed by atoms with van der Waals surface area (Å²) < 4.78 is 6.71. The summed E-state index contributed by atoms with van der Waals surface area (Å²) in [4.78, 5) is 12.3. The first kappa shape index (κ1) is 16.0. The van der Waals surface area contributed by atoms with Gasteiger partial charge in [-0.05, 0) is 65.2 Å². The first-order chi connectivity index (χ1) is 11.7. The number of methoxy groups -OCH3 is 1. The number of ether oxygens (including phenoxy) is 1. The molecule has 0 bridgehead atoms. The number of anilines is 1. The normalized spacial score (nSPS) is 10.4. The number of carbonyl (C=O) groups excluding carboxylic acids is 1. The number of nitrogens with one attached hydrogen (secondary N) is 1. The summed E-state index contributed by atoms with van der Waals surface area (Å²) in [7, 11) is 1.60. The fourth-order valence-electron chi connectivity index (χ4n) is 2.10. The van der Waals surface area contributed by atoms with Crippen LogP contribution in [0.3, 0.4) is 0 Å². The molecule has 7 nitrogen and oxygen atoms in total. The first-order valence-electron chi connectivity index (χ1n) is 7.09. The molecule has 0 saturated carbocycles. The van der Waals surface area contributed by atoms with E-state index in [1.807, 2.05) is 6.26 Å². The van der Waals surface area contributed by atoms with Crippen molar-refractivity contribution in [3.63, 3.8) is 0 Å². The predicted molar refractivity (Wildman–Crippen MR) is 91.9 cm³/mol. The molecular formula is C16H15N5O2S. The highest BCUT2D eigenvalue weighted by Crippen LogP contribution is 2.18. The quantitative estimate of drug-likeness (QED) is 0.719. The van der Waals surface area contributed by atoms with Gasteiger partial charge in [0.15, 0.2) is 0 Å². The standard InChI is InChI=1S/C16H15N5O2S/c1-23-14-9-5-12(6-10-14)17-15(22)11-3-7-13(8-4-11)21-16(24-2)18-19-20-21/h3-10H,1-2H3,(H,17,22). The minimum absolute atomic E-state index is 0.187. The maximum atomic E-state index is 12.3. The second kappa shape index (κ2) is 7.14. The highest BCUT2D eigenvalue weighted by molar-refractivity contribution is 7.98. The van der Waals surface area contributed by atoms with Gasteiger partial charge in [0.2, 0.25) is 5.16 Å². The second-order valence-electron chi connectivity index (χ2n) is 4.81. The summed E-state index contributed by atoms with van der Waals surface area (Å²) in [6.45, 7) is 0. The average Bonchev–Trinajstić information content (AvgIpc) is 3.11. The molecule has 1 N–H and O–H groups in total. The van der Waals surface area contributed by atoms with Crippen LogP contribution >= 0.6 is 11.8 Å². The number of aromatic nitrogens is 4. The maximum Gasteiger partial charge on any atom is 0.255 e. The molecule has 3 rings (SSSR count). The van der Waals surface area contributed by atoms with Crippen molar-refractivity contribution in [2.45, 2.75) is 5.16 Å². The Hall–Kier alpha value is -2.87. The molecule has 0 radical (unpaired) electrons. The predicted octanol–water partition coefficient (Wildman–Crippen LogP) is 2.65. The van der Waals surface area contributed by atoms with Crippen LogP contribution in [-0.2, 0) is 0 Å². The number of hydrogen-bond donors (Lipinski definition) is 1. The van der Waals surface area contributed by atoms with Gasteiger partial charge in [-0.3, -0.25) is 4.79 Å². The van der Waals surface area contributed by atoms with E-state index < -0.39 is 0 Å². The summed E-state index contributed by atoms with van der Waals surface area (Å²) in [5, 5.41) is 15.0. The summed E-state index contributed by atoms with van der Waals surface area (Å²) in [6.07, 6.45) is 1.90. The zero-order valence-corrected chi connectivity index (χ0v) is 13.9. The number of amides is 1. The van der Waals surface area contributed by atoms with Gasteiger partial charge in [-0.2, -0.15) is 4.68 Å². The van der Waals surface area contributed by atoms with E-state index in [0.29, 0.717) is 16.4 Å². The summed E-state index contributed by atoms with van der Waals surface area (Å²) in [5.74, 6) is 0.553. The van der Waals surface area contributed by atoms with Gasteiger partial charge in [-0.25, -0.2) is 0 Å². The van der Waals surface area contributed by atoms with E-state index >= 15 is 0 Å². The molecule has 0 fully saturated rings. The van der Waals surface area contributed by atoms with Crippen molar-refractivity contribution in [3.8, 4) is 11.4 Å². The van der Waals surface area contributed by atoms with Gasteiger partial charge in [0.05, 0.1) is 12.8 Å². The highest BCUT2D eigenvalue weighted by atomic mass is 32.2. The van der Waals surface area contributed by atoms with E-state index in [2.05, 4.69) is 20.8 Å². The fraction of sp³-hybridized carbons (Fsp3) is 0.125. The van der Waals surface area contributed by atoms with E-state index in [9.17, 15) is 4.79 Å². The zero-order chi connectivity index (χ0) is 16.9. The Morgan fingerprint density at radius 1 is 1.12 bits per heavy atom. The maximum absolute atomic E-state index is 12.3. The number of rotatable bonds is 5. The molecule has 1 heterocycles. The van der Waals surface area contributed by atoms with Gasteiger partial charge in [0.25, 0.3) is 5.91 Å². The van der Waals surface area contributed by atoms with Crippen molar-refractivity contribution >= 4 is 23.4 Å². The molecule has 0 atom stereocenters. The third kappa shape index (κ3) is 3.38. The van der Waals surface area contributed by atoms with Gasteiger partial charge < -0.3 is 10.1 Å². The first-order valence-corrected chi connectivity index (χ1v) is 8.32. The zero-order valence-electron chi connectivity index (χ0n) is 13.1. The van der Waals surface area contributed by atoms with Crippen LogP contribution in [0.15, 0.2) is 53.7 Å². The SMILES string of the molecule is COc1ccc(NC(=O)c2ccc(-n3nnnc3SC)cc2)cc1. The average molecular weight is 341 g/mol. The van der Waals surface area contributed by atoms with Crippen LogP contribution in [0.4, 0.5) is 5.69 Å². The van der Waals surface area contributed by atoms with Crippen molar-refractivity contribution in [1.29, 1.82) is 0 Å². The molecule has 0 aliphatic heterocycles. The third-order valence-electron chi connectivity index (χ3n) is 3.35. The molecule has 24 heavy (non-hydrogen) atoms. The lowest BCUT2D eigenvalue weighted by Gasteiger charge is -2.07. The monoisotopic (exact) mass is 341 g/mol. The van der Waals surface area contributed by atoms with Crippen molar-refractivity contribution in [1.82, 2.24) is 20.2 Å². The molecule has 0 unspecified atom stereocenters. The van der Waals surface area contributed by atoms with Gasteiger partial charge >= 0.3 is 0 Å². The number of nitrogens with zero attached hydrogens (tertiary/aromatic N) is 4. The van der Waals surface area contributed by atoms with Crippen molar-refractivity contribution in [2.24, 2.45) is 0 Å². The minimum atomic E-state index is -0.187. The summed E-state index contributed by atoms with van der Waals surface area (Å²) >= 11 is 1.45. The largest absolute Gasteiger partial charge is 0.497 e. The fourth-order valence-corrected chi connectivity index (χ4v) is 2.53. The Labute approximate surface area is 143 Å². The Kier molecular flexibility index (Phi) is 4.76. The Morgan fingerprint density at radius 2 is 1.83 bits per heavy atom. The van der Waals surface area contributed by atoms with Gasteiger partial charge in [-0.1, -0.05) is 11.8 Å². The van der Waals surface area contributed by atoms with Crippen LogP contribution < -0.4 is 10.1 Å².